The fourth-order valence-electron chi connectivity index (χ4n) is 1.51. The summed E-state index contributed by atoms with van der Waals surface area (Å²) in [6.45, 7) is -0.0893. The number of hydrogen-bond acceptors (Lipinski definition) is 4. The minimum Gasteiger partial charge on any atom is -0.494 e. The van der Waals surface area contributed by atoms with Gasteiger partial charge in [0.2, 0.25) is 0 Å². The number of methoxy groups -OCH3 is 1. The molecule has 7 heteroatoms. The third kappa shape index (κ3) is 2.88. The van der Waals surface area contributed by atoms with Crippen LogP contribution in [-0.2, 0) is 17.8 Å². The minimum absolute atomic E-state index is 0.0893. The number of nitrogens with zero attached hydrogens (tertiary/aromatic N) is 1. The van der Waals surface area contributed by atoms with Crippen molar-refractivity contribution in [3.05, 3.63) is 23.0 Å². The lowest BCUT2D eigenvalue weighted by atomic mass is 10.0. The Bertz CT molecular complexity index is 424. The summed E-state index contributed by atoms with van der Waals surface area (Å²) < 4.78 is 30.1. The molecule has 1 rings (SSSR count). The lowest BCUT2D eigenvalue weighted by Gasteiger charge is -2.14. The first-order valence-corrected chi connectivity index (χ1v) is 4.75. The summed E-state index contributed by atoms with van der Waals surface area (Å²) in [6, 6.07) is 0. The Morgan fingerprint density at radius 1 is 1.65 bits per heavy atom. The number of aromatic nitrogens is 1. The zero-order valence-electron chi connectivity index (χ0n) is 9.11. The maximum Gasteiger partial charge on any atom is 0.307 e. The number of ether oxygens (including phenoxy) is 1. The predicted molar refractivity (Wildman–Crippen MR) is 55.0 cm³/mol. The van der Waals surface area contributed by atoms with Gasteiger partial charge < -0.3 is 15.6 Å². The van der Waals surface area contributed by atoms with Crippen molar-refractivity contribution in [2.45, 2.75) is 19.4 Å². The lowest BCUT2D eigenvalue weighted by Crippen LogP contribution is -2.12. The van der Waals surface area contributed by atoms with Gasteiger partial charge in [-0.15, -0.1) is 0 Å². The fraction of sp³-hybridized carbons (Fsp3) is 0.400. The molecule has 0 amide bonds. The van der Waals surface area contributed by atoms with E-state index in [1.807, 2.05) is 0 Å². The van der Waals surface area contributed by atoms with Gasteiger partial charge in [0.15, 0.2) is 5.75 Å². The molecular weight excluding hydrogens is 234 g/mol. The molecule has 5 nitrogen and oxygen atoms in total. The van der Waals surface area contributed by atoms with E-state index in [-0.39, 0.29) is 29.8 Å². The number of aliphatic carboxylic acids is 1. The number of carboxylic acid groups (broad SMARTS) is 1. The first-order valence-electron chi connectivity index (χ1n) is 4.75. The molecule has 0 spiro atoms. The summed E-state index contributed by atoms with van der Waals surface area (Å²) >= 11 is 0. The molecule has 0 radical (unpaired) electrons. The number of alkyl halides is 2. The molecule has 1 heterocycles. The molecular formula is C10H12F2N2O3. The maximum absolute atomic E-state index is 12.6. The van der Waals surface area contributed by atoms with Crippen molar-refractivity contribution in [1.82, 2.24) is 4.98 Å². The molecule has 0 aliphatic heterocycles. The first-order chi connectivity index (χ1) is 8.01. The number of rotatable bonds is 5. The third-order valence-corrected chi connectivity index (χ3v) is 2.21. The highest BCUT2D eigenvalue weighted by Crippen LogP contribution is 2.32. The molecule has 0 unspecified atom stereocenters. The van der Waals surface area contributed by atoms with Crippen molar-refractivity contribution < 1.29 is 23.4 Å². The second-order valence-corrected chi connectivity index (χ2v) is 3.26. The Morgan fingerprint density at radius 3 is 2.71 bits per heavy atom. The number of carbonyl (C=O) groups is 1. The van der Waals surface area contributed by atoms with Gasteiger partial charge in [-0.25, -0.2) is 8.78 Å². The molecule has 0 saturated heterocycles. The summed E-state index contributed by atoms with van der Waals surface area (Å²) in [7, 11) is 1.21. The van der Waals surface area contributed by atoms with Gasteiger partial charge in [-0.05, 0) is 5.56 Å². The van der Waals surface area contributed by atoms with Crippen molar-refractivity contribution >= 4 is 5.97 Å². The van der Waals surface area contributed by atoms with Crippen molar-refractivity contribution in [2.75, 3.05) is 7.11 Å². The van der Waals surface area contributed by atoms with E-state index >= 15 is 0 Å². The van der Waals surface area contributed by atoms with E-state index in [0.29, 0.717) is 0 Å². The van der Waals surface area contributed by atoms with Crippen LogP contribution in [0.5, 0.6) is 5.75 Å². The van der Waals surface area contributed by atoms with Gasteiger partial charge in [0.1, 0.15) is 5.69 Å². The summed E-state index contributed by atoms with van der Waals surface area (Å²) in [4.78, 5) is 14.1. The van der Waals surface area contributed by atoms with Crippen molar-refractivity contribution in [3.8, 4) is 5.75 Å². The average Bonchev–Trinajstić information content (AvgIpc) is 2.26. The van der Waals surface area contributed by atoms with Gasteiger partial charge in [0.05, 0.1) is 13.5 Å². The number of carboxylic acids is 1. The standard InChI is InChI=1S/C10H12F2N2O3/c1-17-9-6(3-13)5(2-7(15)16)4-14-8(9)10(11)12/h4,10H,2-3,13H2,1H3,(H,15,16). The van der Waals surface area contributed by atoms with Crippen LogP contribution in [0.25, 0.3) is 0 Å². The van der Waals surface area contributed by atoms with E-state index in [4.69, 9.17) is 15.6 Å². The second-order valence-electron chi connectivity index (χ2n) is 3.26. The molecule has 0 saturated carbocycles. The van der Waals surface area contributed by atoms with Gasteiger partial charge in [-0.1, -0.05) is 0 Å². The summed E-state index contributed by atoms with van der Waals surface area (Å²) in [6.07, 6.45) is -2.03. The van der Waals surface area contributed by atoms with Crippen LogP contribution >= 0.6 is 0 Å². The van der Waals surface area contributed by atoms with Crippen LogP contribution < -0.4 is 10.5 Å². The summed E-state index contributed by atoms with van der Waals surface area (Å²) in [5.74, 6) is -1.23. The Kier molecular flexibility index (Phi) is 4.33. The van der Waals surface area contributed by atoms with Crippen molar-refractivity contribution in [1.29, 1.82) is 0 Å². The van der Waals surface area contributed by atoms with Gasteiger partial charge >= 0.3 is 5.97 Å². The first kappa shape index (κ1) is 13.3. The molecule has 0 aliphatic rings. The van der Waals surface area contributed by atoms with E-state index in [9.17, 15) is 13.6 Å². The van der Waals surface area contributed by atoms with E-state index in [1.54, 1.807) is 0 Å². The molecule has 94 valence electrons. The molecule has 0 atom stereocenters. The van der Waals surface area contributed by atoms with Crippen LogP contribution in [0.15, 0.2) is 6.20 Å². The zero-order chi connectivity index (χ0) is 13.0. The van der Waals surface area contributed by atoms with Crippen LogP contribution in [0.3, 0.4) is 0 Å². The number of nitrogens with two attached hydrogens (primary N) is 1. The van der Waals surface area contributed by atoms with E-state index in [1.165, 1.54) is 7.11 Å². The normalized spacial score (nSPS) is 10.6. The van der Waals surface area contributed by atoms with Gasteiger partial charge in [-0.2, -0.15) is 0 Å². The Hall–Kier alpha value is -1.76. The predicted octanol–water partition coefficient (Wildman–Crippen LogP) is 1.11. The third-order valence-electron chi connectivity index (χ3n) is 2.21. The largest absolute Gasteiger partial charge is 0.494 e. The summed E-state index contributed by atoms with van der Waals surface area (Å²) in [5, 5.41) is 8.67. The highest BCUT2D eigenvalue weighted by Gasteiger charge is 2.21. The van der Waals surface area contributed by atoms with Crippen LogP contribution in [0, 0.1) is 0 Å². The number of halogens is 2. The molecule has 0 aliphatic carbocycles. The van der Waals surface area contributed by atoms with Crippen LogP contribution in [0.1, 0.15) is 23.2 Å². The second kappa shape index (κ2) is 5.53. The van der Waals surface area contributed by atoms with Crippen LogP contribution in [0.4, 0.5) is 8.78 Å². The van der Waals surface area contributed by atoms with Crippen molar-refractivity contribution in [3.63, 3.8) is 0 Å². The Labute approximate surface area is 96.2 Å². The van der Waals surface area contributed by atoms with Crippen molar-refractivity contribution in [2.24, 2.45) is 5.73 Å². The Morgan fingerprint density at radius 2 is 2.29 bits per heavy atom. The van der Waals surface area contributed by atoms with Gasteiger partial charge in [0, 0.05) is 18.3 Å². The molecule has 1 aromatic heterocycles. The molecule has 0 fully saturated rings. The minimum atomic E-state index is -2.80. The smallest absolute Gasteiger partial charge is 0.307 e. The highest BCUT2D eigenvalue weighted by atomic mass is 19.3. The quantitative estimate of drug-likeness (QED) is 0.812. The Balaban J connectivity index is 3.32. The SMILES string of the molecule is COc1c(C(F)F)ncc(CC(=O)O)c1CN. The van der Waals surface area contributed by atoms with E-state index in [2.05, 4.69) is 4.98 Å². The van der Waals surface area contributed by atoms with Crippen LogP contribution in [-0.4, -0.2) is 23.2 Å². The number of pyridine rings is 1. The highest BCUT2D eigenvalue weighted by molar-refractivity contribution is 5.71. The number of hydrogen-bond donors (Lipinski definition) is 2. The molecule has 0 bridgehead atoms. The van der Waals surface area contributed by atoms with E-state index in [0.717, 1.165) is 6.20 Å². The topological polar surface area (TPSA) is 85.4 Å². The zero-order valence-corrected chi connectivity index (χ0v) is 9.11. The van der Waals surface area contributed by atoms with E-state index < -0.39 is 18.1 Å². The molecule has 3 N–H and O–H groups in total. The monoisotopic (exact) mass is 246 g/mol. The fourth-order valence-corrected chi connectivity index (χ4v) is 1.51. The molecule has 1 aromatic rings. The summed E-state index contributed by atoms with van der Waals surface area (Å²) in [5.41, 5.74) is 5.43. The lowest BCUT2D eigenvalue weighted by molar-refractivity contribution is -0.136. The maximum atomic E-state index is 12.6. The molecule has 0 aromatic carbocycles. The van der Waals surface area contributed by atoms with Crippen LogP contribution in [0.2, 0.25) is 0 Å². The van der Waals surface area contributed by atoms with Gasteiger partial charge in [-0.3, -0.25) is 9.78 Å². The average molecular weight is 246 g/mol. The molecule has 17 heavy (non-hydrogen) atoms. The van der Waals surface area contributed by atoms with Gasteiger partial charge in [0.25, 0.3) is 6.43 Å².